The molecule has 0 radical (unpaired) electrons. The van der Waals surface area contributed by atoms with Crippen molar-refractivity contribution < 1.29 is 5.11 Å². The average Bonchev–Trinajstić information content (AvgIpc) is 2.80. The van der Waals surface area contributed by atoms with Crippen LogP contribution in [0.1, 0.15) is 11.7 Å². The van der Waals surface area contributed by atoms with Crippen LogP contribution in [0.5, 0.6) is 0 Å². The molecule has 0 aliphatic heterocycles. The molecule has 3 N–H and O–H groups in total. The highest BCUT2D eigenvalue weighted by Gasteiger charge is 2.13. The Kier molecular flexibility index (Phi) is 3.83. The molecule has 0 fully saturated rings. The molecule has 0 aliphatic carbocycles. The third-order valence-corrected chi connectivity index (χ3v) is 3.32. The Bertz CT molecular complexity index is 529. The molecule has 1 atom stereocenters. The van der Waals surface area contributed by atoms with Crippen molar-refractivity contribution in [2.75, 3.05) is 6.61 Å². The maximum atomic E-state index is 9.10. The van der Waals surface area contributed by atoms with Gasteiger partial charge < -0.3 is 15.4 Å². The summed E-state index contributed by atoms with van der Waals surface area (Å²) in [6.45, 7) is -0.135. The first-order chi connectivity index (χ1) is 8.13. The summed E-state index contributed by atoms with van der Waals surface area (Å²) < 4.78 is 2.68. The number of nitrogens with two attached hydrogens (primary N) is 1. The molecule has 0 aliphatic rings. The van der Waals surface area contributed by atoms with Gasteiger partial charge in [0.25, 0.3) is 0 Å². The van der Waals surface area contributed by atoms with Crippen molar-refractivity contribution in [3.63, 3.8) is 0 Å². The van der Waals surface area contributed by atoms with Gasteiger partial charge in [-0.05, 0) is 34.1 Å². The fourth-order valence-corrected chi connectivity index (χ4v) is 2.15. The number of imidazole rings is 1. The standard InChI is InChI=1S/C11H11BrClN3O/c12-8-2-1-7(13)3-10(8)16-6-15-4-11(16)9(14)5-17/h1-4,6,9,17H,5,14H2. The Morgan fingerprint density at radius 2 is 2.29 bits per heavy atom. The van der Waals surface area contributed by atoms with E-state index in [0.717, 1.165) is 15.9 Å². The molecule has 2 rings (SSSR count). The maximum absolute atomic E-state index is 9.10. The van der Waals surface area contributed by atoms with Gasteiger partial charge in [-0.15, -0.1) is 0 Å². The summed E-state index contributed by atoms with van der Waals surface area (Å²) >= 11 is 9.41. The predicted octanol–water partition coefficient (Wildman–Crippen LogP) is 2.28. The second-order valence-corrected chi connectivity index (χ2v) is 4.86. The van der Waals surface area contributed by atoms with Gasteiger partial charge in [-0.25, -0.2) is 4.98 Å². The Hall–Kier alpha value is -0.880. The topological polar surface area (TPSA) is 64.1 Å². The Morgan fingerprint density at radius 1 is 1.53 bits per heavy atom. The summed E-state index contributed by atoms with van der Waals surface area (Å²) in [6.07, 6.45) is 3.27. The first-order valence-corrected chi connectivity index (χ1v) is 6.14. The summed E-state index contributed by atoms with van der Waals surface area (Å²) in [5, 5.41) is 9.72. The molecule has 0 spiro atoms. The number of aliphatic hydroxyl groups is 1. The lowest BCUT2D eigenvalue weighted by Gasteiger charge is -2.14. The van der Waals surface area contributed by atoms with Gasteiger partial charge in [0.2, 0.25) is 0 Å². The summed E-state index contributed by atoms with van der Waals surface area (Å²) in [6, 6.07) is 4.98. The fraction of sp³-hybridized carbons (Fsp3) is 0.182. The second-order valence-electron chi connectivity index (χ2n) is 3.57. The van der Waals surface area contributed by atoms with Gasteiger partial charge in [-0.1, -0.05) is 11.6 Å². The average molecular weight is 317 g/mol. The van der Waals surface area contributed by atoms with Crippen molar-refractivity contribution >= 4 is 27.5 Å². The zero-order chi connectivity index (χ0) is 12.4. The van der Waals surface area contributed by atoms with Crippen LogP contribution in [0.3, 0.4) is 0 Å². The van der Waals surface area contributed by atoms with E-state index >= 15 is 0 Å². The van der Waals surface area contributed by atoms with Gasteiger partial charge in [-0.2, -0.15) is 0 Å². The minimum atomic E-state index is -0.469. The van der Waals surface area contributed by atoms with Gasteiger partial charge in [-0.3, -0.25) is 0 Å². The minimum absolute atomic E-state index is 0.135. The van der Waals surface area contributed by atoms with E-state index in [9.17, 15) is 0 Å². The lowest BCUT2D eigenvalue weighted by molar-refractivity contribution is 0.265. The molecule has 0 saturated heterocycles. The first kappa shape index (κ1) is 12.6. The molecule has 0 saturated carbocycles. The van der Waals surface area contributed by atoms with Gasteiger partial charge in [0, 0.05) is 9.50 Å². The number of aromatic nitrogens is 2. The highest BCUT2D eigenvalue weighted by molar-refractivity contribution is 9.10. The third-order valence-electron chi connectivity index (χ3n) is 2.41. The molecule has 17 heavy (non-hydrogen) atoms. The summed E-state index contributed by atoms with van der Waals surface area (Å²) in [5.41, 5.74) is 7.38. The fourth-order valence-electron chi connectivity index (χ4n) is 1.54. The Morgan fingerprint density at radius 3 is 3.00 bits per heavy atom. The molecule has 90 valence electrons. The molecule has 1 aromatic carbocycles. The van der Waals surface area contributed by atoms with Crippen LogP contribution in [0.4, 0.5) is 0 Å². The summed E-state index contributed by atoms with van der Waals surface area (Å²) in [7, 11) is 0. The van der Waals surface area contributed by atoms with Crippen molar-refractivity contribution in [2.45, 2.75) is 6.04 Å². The van der Waals surface area contributed by atoms with Crippen molar-refractivity contribution in [3.05, 3.63) is 45.9 Å². The number of hydrogen-bond donors (Lipinski definition) is 2. The minimum Gasteiger partial charge on any atom is -0.394 e. The van der Waals surface area contributed by atoms with E-state index in [4.69, 9.17) is 22.4 Å². The quantitative estimate of drug-likeness (QED) is 0.913. The first-order valence-electron chi connectivity index (χ1n) is 4.97. The molecule has 4 nitrogen and oxygen atoms in total. The van der Waals surface area contributed by atoms with Crippen LogP contribution in [0.2, 0.25) is 5.02 Å². The van der Waals surface area contributed by atoms with E-state index < -0.39 is 6.04 Å². The van der Waals surface area contributed by atoms with E-state index in [1.54, 1.807) is 29.2 Å². The summed E-state index contributed by atoms with van der Waals surface area (Å²) in [5.74, 6) is 0. The van der Waals surface area contributed by atoms with E-state index in [1.807, 2.05) is 6.07 Å². The van der Waals surface area contributed by atoms with Crippen LogP contribution in [0, 0.1) is 0 Å². The monoisotopic (exact) mass is 315 g/mol. The van der Waals surface area contributed by atoms with Crippen molar-refractivity contribution in [3.8, 4) is 5.69 Å². The largest absolute Gasteiger partial charge is 0.394 e. The Labute approximate surface area is 112 Å². The van der Waals surface area contributed by atoms with Gasteiger partial charge >= 0.3 is 0 Å². The molecule has 6 heteroatoms. The zero-order valence-corrected chi connectivity index (χ0v) is 11.2. The van der Waals surface area contributed by atoms with Crippen LogP contribution in [0.25, 0.3) is 5.69 Å². The molecule has 1 unspecified atom stereocenters. The van der Waals surface area contributed by atoms with Crippen LogP contribution >= 0.6 is 27.5 Å². The highest BCUT2D eigenvalue weighted by Crippen LogP contribution is 2.27. The molecular weight excluding hydrogens is 305 g/mol. The number of hydrogen-bond acceptors (Lipinski definition) is 3. The SMILES string of the molecule is NC(CO)c1cncn1-c1cc(Cl)ccc1Br. The van der Waals surface area contributed by atoms with Crippen molar-refractivity contribution in [2.24, 2.45) is 5.73 Å². The molecule has 2 aromatic rings. The number of benzene rings is 1. The normalized spacial score (nSPS) is 12.7. The smallest absolute Gasteiger partial charge is 0.0995 e. The molecular formula is C11H11BrClN3O. The van der Waals surface area contributed by atoms with E-state index in [-0.39, 0.29) is 6.61 Å². The lowest BCUT2D eigenvalue weighted by atomic mass is 10.2. The van der Waals surface area contributed by atoms with Crippen molar-refractivity contribution in [1.29, 1.82) is 0 Å². The van der Waals surface area contributed by atoms with Gasteiger partial charge in [0.1, 0.15) is 0 Å². The third kappa shape index (κ3) is 2.52. The van der Waals surface area contributed by atoms with Crippen LogP contribution in [-0.4, -0.2) is 21.3 Å². The number of nitrogens with zero attached hydrogens (tertiary/aromatic N) is 2. The number of rotatable bonds is 3. The summed E-state index contributed by atoms with van der Waals surface area (Å²) in [4.78, 5) is 4.05. The van der Waals surface area contributed by atoms with E-state index in [2.05, 4.69) is 20.9 Å². The maximum Gasteiger partial charge on any atom is 0.0995 e. The molecule has 1 heterocycles. The van der Waals surface area contributed by atoms with E-state index in [0.29, 0.717) is 5.02 Å². The predicted molar refractivity (Wildman–Crippen MR) is 70.3 cm³/mol. The van der Waals surface area contributed by atoms with Crippen LogP contribution in [0.15, 0.2) is 35.2 Å². The Balaban J connectivity index is 2.53. The van der Waals surface area contributed by atoms with Gasteiger partial charge in [0.15, 0.2) is 0 Å². The van der Waals surface area contributed by atoms with Crippen LogP contribution < -0.4 is 5.73 Å². The van der Waals surface area contributed by atoms with Crippen LogP contribution in [-0.2, 0) is 0 Å². The second kappa shape index (κ2) is 5.18. The number of halogens is 2. The molecule has 1 aromatic heterocycles. The molecule has 0 bridgehead atoms. The van der Waals surface area contributed by atoms with E-state index in [1.165, 1.54) is 0 Å². The van der Waals surface area contributed by atoms with Gasteiger partial charge in [0.05, 0.1) is 36.6 Å². The molecule has 0 amide bonds. The number of aliphatic hydroxyl groups excluding tert-OH is 1. The lowest BCUT2D eigenvalue weighted by Crippen LogP contribution is -2.18. The van der Waals surface area contributed by atoms with Crippen molar-refractivity contribution in [1.82, 2.24) is 9.55 Å². The highest BCUT2D eigenvalue weighted by atomic mass is 79.9. The zero-order valence-electron chi connectivity index (χ0n) is 8.85.